The average Bonchev–Trinajstić information content (AvgIpc) is 3.36. The Labute approximate surface area is 275 Å². The van der Waals surface area contributed by atoms with Gasteiger partial charge in [0.2, 0.25) is 12.2 Å². The quantitative estimate of drug-likeness (QED) is 0.231. The molecule has 1 N–H and O–H groups in total. The van der Waals surface area contributed by atoms with Crippen LogP contribution in [0.1, 0.15) is 77.7 Å². The van der Waals surface area contributed by atoms with Gasteiger partial charge in [-0.2, -0.15) is 0 Å². The number of carbonyl (C=O) groups excluding carboxylic acids is 3. The number of benzene rings is 2. The minimum Gasteiger partial charge on any atom is -0.478 e. The fraction of sp³-hybridized carbons (Fsp3) is 0.556. The van der Waals surface area contributed by atoms with Gasteiger partial charge in [-0.25, -0.2) is 9.59 Å². The second kappa shape index (κ2) is 15.4. The Morgan fingerprint density at radius 2 is 1.19 bits per heavy atom. The smallest absolute Gasteiger partial charge is 0.349 e. The molecule has 47 heavy (non-hydrogen) atoms. The summed E-state index contributed by atoms with van der Waals surface area (Å²) in [5.74, 6) is -4.13. The highest BCUT2D eigenvalue weighted by atomic mass is 16.8. The monoisotopic (exact) mass is 654 g/mol. The average molecular weight is 655 g/mol. The molecule has 0 aliphatic carbocycles. The molecule has 3 fully saturated rings. The summed E-state index contributed by atoms with van der Waals surface area (Å²) in [6.07, 6.45) is -2.77. The fourth-order valence-corrected chi connectivity index (χ4v) is 6.17. The van der Waals surface area contributed by atoms with Gasteiger partial charge in [0.15, 0.2) is 11.9 Å². The first kappa shape index (κ1) is 36.0. The van der Waals surface area contributed by atoms with Crippen molar-refractivity contribution in [3.8, 4) is 0 Å². The fourth-order valence-electron chi connectivity index (χ4n) is 6.17. The predicted molar refractivity (Wildman–Crippen MR) is 169 cm³/mol. The van der Waals surface area contributed by atoms with E-state index in [1.165, 1.54) is 0 Å². The van der Waals surface area contributed by atoms with Gasteiger partial charge in [0, 0.05) is 7.11 Å². The zero-order valence-electron chi connectivity index (χ0n) is 28.0. The Kier molecular flexibility index (Phi) is 11.8. The number of aliphatic carboxylic acids is 1. The van der Waals surface area contributed by atoms with Crippen molar-refractivity contribution in [1.29, 1.82) is 0 Å². The summed E-state index contributed by atoms with van der Waals surface area (Å²) in [6, 6.07) is 19.2. The van der Waals surface area contributed by atoms with E-state index in [0.29, 0.717) is 0 Å². The molecule has 3 saturated heterocycles. The normalized spacial score (nSPS) is 28.5. The molecule has 256 valence electrons. The number of hydrogen-bond acceptors (Lipinski definition) is 10. The molecule has 0 spiro atoms. The van der Waals surface area contributed by atoms with Gasteiger partial charge in [-0.05, 0) is 36.8 Å². The Hall–Kier alpha value is -3.80. The van der Waals surface area contributed by atoms with Crippen LogP contribution < -0.4 is 0 Å². The van der Waals surface area contributed by atoms with Gasteiger partial charge in [0.25, 0.3) is 0 Å². The standard InChI is InChI=1S/C28H34O7.C8H12O4/c1-6-17(2)20-23(33-26(20)29)27(30)32-22(19-15-11-8-12-16-19)25-24(34-28(3,4)35-25)21(31-5)18-13-9-7-10-14-18;1-3-4(2)5-6(7(9)10)12-8(5)11/h7-17,20-25H,6H2,1-5H3;4-6H,3H2,1-2H3,(H,9,10)/t17-,20-,21+,22+,23+,24-,25?;4-,5-,6+/m00/s1. The van der Waals surface area contributed by atoms with Crippen molar-refractivity contribution in [1.82, 2.24) is 0 Å². The molecule has 1 unspecified atom stereocenters. The van der Waals surface area contributed by atoms with E-state index in [9.17, 15) is 19.2 Å². The van der Waals surface area contributed by atoms with Crippen molar-refractivity contribution in [2.24, 2.45) is 23.7 Å². The molecule has 0 aromatic heterocycles. The van der Waals surface area contributed by atoms with Crippen LogP contribution in [0.2, 0.25) is 0 Å². The first-order chi connectivity index (χ1) is 22.3. The number of carbonyl (C=O) groups is 4. The molecule has 0 radical (unpaired) electrons. The first-order valence-corrected chi connectivity index (χ1v) is 16.2. The third-order valence-electron chi connectivity index (χ3n) is 9.19. The van der Waals surface area contributed by atoms with Crippen molar-refractivity contribution in [3.63, 3.8) is 0 Å². The summed E-state index contributed by atoms with van der Waals surface area (Å²) in [7, 11) is 1.62. The molecular formula is C36H46O11. The molecule has 3 heterocycles. The molecule has 0 bridgehead atoms. The van der Waals surface area contributed by atoms with Gasteiger partial charge in [-0.1, -0.05) is 101 Å². The Bertz CT molecular complexity index is 1380. The summed E-state index contributed by atoms with van der Waals surface area (Å²) >= 11 is 0. The maximum atomic E-state index is 13.3. The number of rotatable bonds is 12. The van der Waals surface area contributed by atoms with Crippen LogP contribution in [0, 0.1) is 23.7 Å². The molecule has 2 aromatic carbocycles. The van der Waals surface area contributed by atoms with Gasteiger partial charge < -0.3 is 33.5 Å². The highest BCUT2D eigenvalue weighted by Gasteiger charge is 2.54. The summed E-state index contributed by atoms with van der Waals surface area (Å²) in [4.78, 5) is 46.7. The maximum Gasteiger partial charge on any atom is 0.349 e. The van der Waals surface area contributed by atoms with E-state index in [1.807, 2.05) is 102 Å². The van der Waals surface area contributed by atoms with E-state index in [2.05, 4.69) is 4.74 Å². The molecule has 0 amide bonds. The number of methoxy groups -OCH3 is 1. The van der Waals surface area contributed by atoms with E-state index in [-0.39, 0.29) is 23.8 Å². The van der Waals surface area contributed by atoms with Crippen LogP contribution in [-0.4, -0.2) is 66.3 Å². The number of esters is 3. The van der Waals surface area contributed by atoms with Crippen molar-refractivity contribution in [2.75, 3.05) is 7.11 Å². The van der Waals surface area contributed by atoms with Crippen LogP contribution in [0.25, 0.3) is 0 Å². The van der Waals surface area contributed by atoms with E-state index >= 15 is 0 Å². The van der Waals surface area contributed by atoms with Crippen LogP contribution in [0.4, 0.5) is 0 Å². The van der Waals surface area contributed by atoms with Gasteiger partial charge in [0.05, 0.1) is 0 Å². The van der Waals surface area contributed by atoms with Crippen LogP contribution >= 0.6 is 0 Å². The molecule has 3 aliphatic heterocycles. The van der Waals surface area contributed by atoms with E-state index in [4.69, 9.17) is 28.8 Å². The molecule has 3 aliphatic rings. The maximum absolute atomic E-state index is 13.3. The van der Waals surface area contributed by atoms with Crippen LogP contribution in [-0.2, 0) is 47.6 Å². The molecule has 10 atom stereocenters. The summed E-state index contributed by atoms with van der Waals surface area (Å²) in [6.45, 7) is 11.4. The summed E-state index contributed by atoms with van der Waals surface area (Å²) in [5.41, 5.74) is 1.68. The molecule has 0 saturated carbocycles. The number of ether oxygens (including phenoxy) is 6. The molecular weight excluding hydrogens is 608 g/mol. The minimum absolute atomic E-state index is 0.0117. The number of hydrogen-bond donors (Lipinski definition) is 1. The Morgan fingerprint density at radius 1 is 0.766 bits per heavy atom. The Morgan fingerprint density at radius 3 is 1.62 bits per heavy atom. The zero-order valence-corrected chi connectivity index (χ0v) is 28.0. The number of carboxylic acid groups (broad SMARTS) is 1. The van der Waals surface area contributed by atoms with Gasteiger partial charge in [0.1, 0.15) is 30.1 Å². The first-order valence-electron chi connectivity index (χ1n) is 16.2. The molecule has 2 aromatic rings. The van der Waals surface area contributed by atoms with Crippen molar-refractivity contribution >= 4 is 23.9 Å². The SMILES string of the molecule is CC[C@H](C)[C@@H]1C(=O)O[C@H]1C(=O)O.CC[C@H](C)[C@@H]1C(=O)O[C@H]1C(=O)O[C@H](c1ccccc1)C1OC(C)(C)O[C@H]1[C@H](OC)c1ccccc1. The zero-order chi connectivity index (χ0) is 34.5. The second-order valence-corrected chi connectivity index (χ2v) is 12.8. The third-order valence-corrected chi connectivity index (χ3v) is 9.19. The van der Waals surface area contributed by atoms with Crippen molar-refractivity contribution in [2.45, 2.75) is 96.8 Å². The van der Waals surface area contributed by atoms with Gasteiger partial charge >= 0.3 is 23.9 Å². The number of cyclic esters (lactones) is 2. The molecule has 11 heteroatoms. The minimum atomic E-state index is -1.04. The lowest BCUT2D eigenvalue weighted by Gasteiger charge is -2.38. The number of carboxylic acids is 1. The van der Waals surface area contributed by atoms with Gasteiger partial charge in [-0.3, -0.25) is 9.59 Å². The highest BCUT2D eigenvalue weighted by Crippen LogP contribution is 2.44. The van der Waals surface area contributed by atoms with Crippen molar-refractivity contribution < 1.29 is 52.7 Å². The topological polar surface area (TPSA) is 144 Å². The third kappa shape index (κ3) is 8.02. The van der Waals surface area contributed by atoms with E-state index < -0.39 is 66.2 Å². The predicted octanol–water partition coefficient (Wildman–Crippen LogP) is 5.43. The second-order valence-electron chi connectivity index (χ2n) is 12.8. The highest BCUT2D eigenvalue weighted by molar-refractivity contribution is 5.92. The van der Waals surface area contributed by atoms with E-state index in [1.54, 1.807) is 7.11 Å². The molecule has 5 rings (SSSR count). The lowest BCUT2D eigenvalue weighted by molar-refractivity contribution is -0.210. The lowest BCUT2D eigenvalue weighted by atomic mass is 9.83. The summed E-state index contributed by atoms with van der Waals surface area (Å²) in [5, 5.41) is 8.59. The van der Waals surface area contributed by atoms with Crippen LogP contribution in [0.3, 0.4) is 0 Å². The summed E-state index contributed by atoms with van der Waals surface area (Å²) < 4.78 is 34.3. The van der Waals surface area contributed by atoms with Crippen molar-refractivity contribution in [3.05, 3.63) is 71.8 Å². The largest absolute Gasteiger partial charge is 0.478 e. The van der Waals surface area contributed by atoms with E-state index in [0.717, 1.165) is 24.0 Å². The lowest BCUT2D eigenvalue weighted by Crippen LogP contribution is -2.54. The van der Waals surface area contributed by atoms with Crippen LogP contribution in [0.5, 0.6) is 0 Å². The van der Waals surface area contributed by atoms with Gasteiger partial charge in [-0.15, -0.1) is 0 Å². The Balaban J connectivity index is 0.000000351. The van der Waals surface area contributed by atoms with Crippen LogP contribution in [0.15, 0.2) is 60.7 Å². The molecule has 11 nitrogen and oxygen atoms in total.